The van der Waals surface area contributed by atoms with Gasteiger partial charge < -0.3 is 10.6 Å². The Morgan fingerprint density at radius 3 is 2.52 bits per heavy atom. The average Bonchev–Trinajstić information content (AvgIpc) is 2.30. The molecule has 21 heavy (non-hydrogen) atoms. The molecular weight excluding hydrogens is 281 g/mol. The molecule has 6 heteroatoms. The van der Waals surface area contributed by atoms with Crippen LogP contribution in [0, 0.1) is 6.92 Å². The van der Waals surface area contributed by atoms with E-state index < -0.39 is 12.6 Å². The van der Waals surface area contributed by atoms with Crippen molar-refractivity contribution in [1.29, 1.82) is 0 Å². The summed E-state index contributed by atoms with van der Waals surface area (Å²) in [7, 11) is 0. The van der Waals surface area contributed by atoms with Gasteiger partial charge in [-0.15, -0.1) is 0 Å². The summed E-state index contributed by atoms with van der Waals surface area (Å²) in [5.74, 6) is -0.140. The van der Waals surface area contributed by atoms with E-state index in [9.17, 15) is 18.0 Å². The summed E-state index contributed by atoms with van der Waals surface area (Å²) in [6, 6.07) is 5.41. The molecule has 1 amide bonds. The number of rotatable bonds is 6. The van der Waals surface area contributed by atoms with Crippen molar-refractivity contribution in [3.63, 3.8) is 0 Å². The van der Waals surface area contributed by atoms with Gasteiger partial charge in [-0.05, 0) is 50.5 Å². The normalized spacial score (nSPS) is 12.9. The second-order valence-electron chi connectivity index (χ2n) is 5.26. The molecule has 0 saturated heterocycles. The van der Waals surface area contributed by atoms with Crippen LogP contribution in [0.3, 0.4) is 0 Å². The van der Waals surface area contributed by atoms with Gasteiger partial charge in [0.25, 0.3) is 0 Å². The van der Waals surface area contributed by atoms with Crippen molar-refractivity contribution in [2.75, 3.05) is 10.6 Å². The lowest BCUT2D eigenvalue weighted by molar-refractivity contribution is -0.135. The van der Waals surface area contributed by atoms with Crippen LogP contribution in [-0.4, -0.2) is 18.1 Å². The standard InChI is InChI=1S/C15H21F3N2O/c1-10-9-13(6-7-14(10)20-12(3)21)19-11(2)5-4-8-15(16,17)18/h6-7,9,11,19H,4-5,8H2,1-3H3,(H,20,21). The molecule has 0 heterocycles. The van der Waals surface area contributed by atoms with Crippen molar-refractivity contribution in [3.8, 4) is 0 Å². The van der Waals surface area contributed by atoms with Crippen LogP contribution in [0.1, 0.15) is 38.7 Å². The van der Waals surface area contributed by atoms with Gasteiger partial charge >= 0.3 is 6.18 Å². The minimum absolute atomic E-state index is 0.0432. The largest absolute Gasteiger partial charge is 0.389 e. The molecule has 0 aromatic heterocycles. The van der Waals surface area contributed by atoms with Gasteiger partial charge in [0, 0.05) is 30.8 Å². The van der Waals surface area contributed by atoms with Crippen molar-refractivity contribution in [2.24, 2.45) is 0 Å². The molecule has 0 aliphatic heterocycles. The maximum Gasteiger partial charge on any atom is 0.389 e. The molecule has 118 valence electrons. The van der Waals surface area contributed by atoms with E-state index in [0.717, 1.165) is 16.9 Å². The number of carbonyl (C=O) groups excluding carboxylic acids is 1. The van der Waals surface area contributed by atoms with Gasteiger partial charge in [-0.2, -0.15) is 13.2 Å². The lowest BCUT2D eigenvalue weighted by Crippen LogP contribution is -2.17. The highest BCUT2D eigenvalue weighted by atomic mass is 19.4. The Morgan fingerprint density at radius 2 is 2.00 bits per heavy atom. The van der Waals surface area contributed by atoms with Crippen molar-refractivity contribution < 1.29 is 18.0 Å². The quantitative estimate of drug-likeness (QED) is 0.813. The number of carbonyl (C=O) groups is 1. The first-order valence-corrected chi connectivity index (χ1v) is 6.89. The van der Waals surface area contributed by atoms with Crippen LogP contribution < -0.4 is 10.6 Å². The number of halogens is 3. The average molecular weight is 302 g/mol. The van der Waals surface area contributed by atoms with Crippen LogP contribution in [-0.2, 0) is 4.79 Å². The number of anilines is 2. The molecule has 0 aliphatic carbocycles. The molecule has 3 nitrogen and oxygen atoms in total. The number of alkyl halides is 3. The fourth-order valence-electron chi connectivity index (χ4n) is 2.05. The molecule has 2 N–H and O–H groups in total. The Balaban J connectivity index is 2.51. The zero-order chi connectivity index (χ0) is 16.0. The van der Waals surface area contributed by atoms with Gasteiger partial charge in [-0.25, -0.2) is 0 Å². The number of amides is 1. The molecule has 0 aliphatic rings. The van der Waals surface area contributed by atoms with Crippen molar-refractivity contribution in [3.05, 3.63) is 23.8 Å². The van der Waals surface area contributed by atoms with Gasteiger partial charge in [-0.3, -0.25) is 4.79 Å². The number of nitrogens with one attached hydrogen (secondary N) is 2. The third-order valence-electron chi connectivity index (χ3n) is 3.05. The summed E-state index contributed by atoms with van der Waals surface area (Å²) < 4.78 is 36.2. The second-order valence-corrected chi connectivity index (χ2v) is 5.26. The first-order valence-electron chi connectivity index (χ1n) is 6.89. The van der Waals surface area contributed by atoms with Crippen molar-refractivity contribution in [1.82, 2.24) is 0 Å². The van der Waals surface area contributed by atoms with E-state index in [2.05, 4.69) is 10.6 Å². The predicted octanol–water partition coefficient (Wildman–Crippen LogP) is 4.49. The molecular formula is C15H21F3N2O. The third-order valence-corrected chi connectivity index (χ3v) is 3.05. The molecule has 1 atom stereocenters. The summed E-state index contributed by atoms with van der Waals surface area (Å²) in [5, 5.41) is 5.88. The van der Waals surface area contributed by atoms with Crippen LogP contribution in [0.5, 0.6) is 0 Å². The maximum absolute atomic E-state index is 12.1. The van der Waals surface area contributed by atoms with E-state index in [1.807, 2.05) is 19.9 Å². The van der Waals surface area contributed by atoms with Crippen molar-refractivity contribution >= 4 is 17.3 Å². The van der Waals surface area contributed by atoms with Gasteiger partial charge in [0.2, 0.25) is 5.91 Å². The molecule has 0 radical (unpaired) electrons. The Hall–Kier alpha value is -1.72. The minimum Gasteiger partial charge on any atom is -0.383 e. The molecule has 0 fully saturated rings. The fourth-order valence-corrected chi connectivity index (χ4v) is 2.05. The topological polar surface area (TPSA) is 41.1 Å². The van der Waals surface area contributed by atoms with Crippen LogP contribution in [0.25, 0.3) is 0 Å². The fraction of sp³-hybridized carbons (Fsp3) is 0.533. The first-order chi connectivity index (χ1) is 9.67. The first kappa shape index (κ1) is 17.3. The van der Waals surface area contributed by atoms with Crippen LogP contribution >= 0.6 is 0 Å². The smallest absolute Gasteiger partial charge is 0.383 e. The summed E-state index contributed by atoms with van der Waals surface area (Å²) in [6.07, 6.45) is -4.28. The summed E-state index contributed by atoms with van der Waals surface area (Å²) in [6.45, 7) is 5.16. The Bertz CT molecular complexity index is 486. The van der Waals surface area contributed by atoms with E-state index in [1.54, 1.807) is 12.1 Å². The number of hydrogen-bond donors (Lipinski definition) is 2. The summed E-state index contributed by atoms with van der Waals surface area (Å²) >= 11 is 0. The highest BCUT2D eigenvalue weighted by molar-refractivity contribution is 5.89. The van der Waals surface area contributed by atoms with Gasteiger partial charge in [-0.1, -0.05) is 0 Å². The molecule has 0 spiro atoms. The van der Waals surface area contributed by atoms with E-state index in [1.165, 1.54) is 6.92 Å². The molecule has 0 bridgehead atoms. The SMILES string of the molecule is CC(=O)Nc1ccc(NC(C)CCCC(F)(F)F)cc1C. The monoisotopic (exact) mass is 302 g/mol. The second kappa shape index (κ2) is 7.33. The van der Waals surface area contributed by atoms with E-state index >= 15 is 0 Å². The van der Waals surface area contributed by atoms with Crippen LogP contribution in [0.4, 0.5) is 24.5 Å². The number of hydrogen-bond acceptors (Lipinski definition) is 2. The number of benzene rings is 1. The van der Waals surface area contributed by atoms with Gasteiger partial charge in [0.15, 0.2) is 0 Å². The molecule has 1 unspecified atom stereocenters. The third kappa shape index (κ3) is 7.02. The lowest BCUT2D eigenvalue weighted by Gasteiger charge is -2.17. The predicted molar refractivity (Wildman–Crippen MR) is 78.5 cm³/mol. The van der Waals surface area contributed by atoms with E-state index in [-0.39, 0.29) is 18.4 Å². The molecule has 0 saturated carbocycles. The van der Waals surface area contributed by atoms with Gasteiger partial charge in [0.05, 0.1) is 0 Å². The Kier molecular flexibility index (Phi) is 6.05. The zero-order valence-corrected chi connectivity index (χ0v) is 12.5. The van der Waals surface area contributed by atoms with Crippen molar-refractivity contribution in [2.45, 2.75) is 52.3 Å². The van der Waals surface area contributed by atoms with Crippen LogP contribution in [0.15, 0.2) is 18.2 Å². The van der Waals surface area contributed by atoms with Crippen LogP contribution in [0.2, 0.25) is 0 Å². The highest BCUT2D eigenvalue weighted by Gasteiger charge is 2.26. The minimum atomic E-state index is -4.09. The Morgan fingerprint density at radius 1 is 1.33 bits per heavy atom. The molecule has 1 aromatic carbocycles. The van der Waals surface area contributed by atoms with E-state index in [4.69, 9.17) is 0 Å². The lowest BCUT2D eigenvalue weighted by atomic mass is 10.1. The summed E-state index contributed by atoms with van der Waals surface area (Å²) in [4.78, 5) is 11.0. The Labute approximate surface area is 122 Å². The summed E-state index contributed by atoms with van der Waals surface area (Å²) in [5.41, 5.74) is 2.47. The van der Waals surface area contributed by atoms with Gasteiger partial charge in [0.1, 0.15) is 0 Å². The zero-order valence-electron chi connectivity index (χ0n) is 12.5. The maximum atomic E-state index is 12.1. The highest BCUT2D eigenvalue weighted by Crippen LogP contribution is 2.24. The molecule has 1 aromatic rings. The number of aryl methyl sites for hydroxylation is 1. The van der Waals surface area contributed by atoms with E-state index in [0.29, 0.717) is 6.42 Å². The molecule has 1 rings (SSSR count).